The summed E-state index contributed by atoms with van der Waals surface area (Å²) in [6.45, 7) is 1.86. The van der Waals surface area contributed by atoms with Gasteiger partial charge in [0.1, 0.15) is 18.5 Å². The zero-order valence-electron chi connectivity index (χ0n) is 36.1. The maximum atomic E-state index is 12.6. The largest absolute Gasteiger partial charge is 0.472 e. The molecule has 0 amide bonds. The molecule has 0 aromatic carbocycles. The third kappa shape index (κ3) is 29.3. The molecule has 0 radical (unpaired) electrons. The van der Waals surface area contributed by atoms with Crippen molar-refractivity contribution in [1.82, 2.24) is 0 Å². The highest BCUT2D eigenvalue weighted by Gasteiger charge is 2.39. The molecule has 1 aliphatic rings. The summed E-state index contributed by atoms with van der Waals surface area (Å²) in [5.41, 5.74) is 0. The minimum Gasteiger partial charge on any atom is -0.462 e. The van der Waals surface area contributed by atoms with E-state index < -0.39 is 76.5 Å². The normalized spacial score (nSPS) is 20.1. The fourth-order valence-corrected chi connectivity index (χ4v) is 6.99. The summed E-state index contributed by atoms with van der Waals surface area (Å²) in [5.74, 6) is -2.00. The highest BCUT2D eigenvalue weighted by Crippen LogP contribution is 2.43. The topological polar surface area (TPSA) is 206 Å². The molecule has 0 aromatic heterocycles. The molecule has 1 unspecified atom stereocenters. The van der Waals surface area contributed by atoms with Crippen molar-refractivity contribution in [1.29, 1.82) is 0 Å². The predicted molar refractivity (Wildman–Crippen MR) is 234 cm³/mol. The monoisotopic (exact) mass is 866 g/mol. The van der Waals surface area contributed by atoms with Crippen LogP contribution in [0.4, 0.5) is 0 Å². The molecule has 1 aliphatic carbocycles. The number of allylic oxidation sites excluding steroid dienone is 11. The van der Waals surface area contributed by atoms with E-state index in [2.05, 4.69) is 54.8 Å². The van der Waals surface area contributed by atoms with Gasteiger partial charge in [-0.15, -0.1) is 0 Å². The van der Waals surface area contributed by atoms with Crippen molar-refractivity contribution in [3.8, 4) is 0 Å². The van der Waals surface area contributed by atoms with E-state index in [1.165, 1.54) is 19.3 Å². The molecule has 1 saturated carbocycles. The Bertz CT molecular complexity index is 1390. The average molecular weight is 867 g/mol. The number of hydrogen-bond donors (Lipinski definition) is 5. The Balaban J connectivity index is 2.52. The third-order valence-corrected chi connectivity index (χ3v) is 10.7. The van der Waals surface area contributed by atoms with Crippen LogP contribution in [0.15, 0.2) is 72.9 Å². The van der Waals surface area contributed by atoms with Gasteiger partial charge < -0.3 is 34.8 Å². The van der Waals surface area contributed by atoms with Crippen LogP contribution in [0, 0.1) is 11.8 Å². The number of unbranched alkanes of at least 4 members (excludes halogenated alkanes) is 7. The lowest BCUT2D eigenvalue weighted by atomic mass is 9.90. The number of phosphoric acid groups is 1. The number of phosphoric ester groups is 1. The number of aliphatic hydroxyl groups excluding tert-OH is 4. The molecule has 0 aliphatic heterocycles. The molecular formula is C46H75O13P. The van der Waals surface area contributed by atoms with Gasteiger partial charge in [0.05, 0.1) is 32.0 Å². The molecule has 14 heteroatoms. The van der Waals surface area contributed by atoms with Crippen molar-refractivity contribution in [3.05, 3.63) is 72.9 Å². The quantitative estimate of drug-likeness (QED) is 0.0174. The minimum atomic E-state index is -4.70. The van der Waals surface area contributed by atoms with E-state index in [-0.39, 0.29) is 31.0 Å². The molecule has 342 valence electrons. The van der Waals surface area contributed by atoms with Crippen molar-refractivity contribution < 1.29 is 62.8 Å². The number of ketones is 1. The van der Waals surface area contributed by atoms with E-state index >= 15 is 0 Å². The first-order valence-electron chi connectivity index (χ1n) is 22.0. The number of Topliss-reactive ketones (excluding diaryl/α,β-unsaturated/α-hetero) is 1. The van der Waals surface area contributed by atoms with Crippen LogP contribution in [0.5, 0.6) is 0 Å². The molecular weight excluding hydrogens is 791 g/mol. The standard InChI is InChI=1S/C46H75O13P/c1-3-5-7-8-9-10-11-12-13-14-15-16-17-18-19-20-26-30-46(53)59-40(37-58-60(54,55)57-35-39(49)34-47)36-56-45(52)29-25-22-21-24-28-41-42(44(51)33-43(41)50)32-31-38(48)27-23-6-4-2/h9-10,12-13,15-16,18-19,21,24,31-32,38-43,47-50H,3-8,11,14,17,20,22-23,25-30,33-37H2,1-2H3,(H,54,55)/b10-9-,13-12-,16-15-,19-18-,24-21-,32-31+/t38-,39-,40+,41+,42+,43-/m0/s1. The van der Waals surface area contributed by atoms with Crippen LogP contribution in [0.2, 0.25) is 0 Å². The Morgan fingerprint density at radius 1 is 0.750 bits per heavy atom. The molecule has 1 rings (SSSR count). The number of carbonyl (C=O) groups is 3. The fourth-order valence-electron chi connectivity index (χ4n) is 6.20. The Hall–Kier alpha value is -3.00. The van der Waals surface area contributed by atoms with Crippen LogP contribution in [0.1, 0.15) is 136 Å². The van der Waals surface area contributed by atoms with Crippen LogP contribution >= 0.6 is 7.82 Å². The van der Waals surface area contributed by atoms with E-state index in [0.29, 0.717) is 38.5 Å². The van der Waals surface area contributed by atoms with Gasteiger partial charge in [-0.05, 0) is 70.6 Å². The van der Waals surface area contributed by atoms with Gasteiger partial charge >= 0.3 is 19.8 Å². The molecule has 1 fully saturated rings. The van der Waals surface area contributed by atoms with E-state index in [9.17, 15) is 39.2 Å². The molecule has 60 heavy (non-hydrogen) atoms. The number of hydrogen-bond acceptors (Lipinski definition) is 12. The molecule has 0 heterocycles. The molecule has 0 spiro atoms. The van der Waals surface area contributed by atoms with E-state index in [1.54, 1.807) is 12.2 Å². The molecule has 0 aromatic rings. The van der Waals surface area contributed by atoms with Crippen LogP contribution in [0.25, 0.3) is 0 Å². The lowest BCUT2D eigenvalue weighted by Crippen LogP contribution is -2.29. The Labute approximate surface area is 358 Å². The third-order valence-electron chi connectivity index (χ3n) is 9.71. The van der Waals surface area contributed by atoms with Crippen molar-refractivity contribution in [2.45, 2.75) is 160 Å². The molecule has 5 N–H and O–H groups in total. The zero-order chi connectivity index (χ0) is 44.3. The molecule has 13 nitrogen and oxygen atoms in total. The maximum Gasteiger partial charge on any atom is 0.472 e. The molecule has 7 atom stereocenters. The lowest BCUT2D eigenvalue weighted by molar-refractivity contribution is -0.161. The second-order valence-corrected chi connectivity index (χ2v) is 16.6. The smallest absolute Gasteiger partial charge is 0.462 e. The van der Waals surface area contributed by atoms with Gasteiger partial charge in [0.15, 0.2) is 6.10 Å². The first-order chi connectivity index (χ1) is 28.9. The van der Waals surface area contributed by atoms with Crippen LogP contribution < -0.4 is 0 Å². The van der Waals surface area contributed by atoms with E-state index in [0.717, 1.165) is 44.9 Å². The van der Waals surface area contributed by atoms with Crippen LogP contribution in [-0.4, -0.2) is 93.9 Å². The Morgan fingerprint density at radius 3 is 1.92 bits per heavy atom. The summed E-state index contributed by atoms with van der Waals surface area (Å²) in [4.78, 5) is 47.6. The number of aliphatic hydroxyl groups is 4. The van der Waals surface area contributed by atoms with Crippen LogP contribution in [-0.2, 0) is 37.5 Å². The van der Waals surface area contributed by atoms with Gasteiger partial charge in [0, 0.05) is 31.1 Å². The molecule has 0 saturated heterocycles. The summed E-state index contributed by atoms with van der Waals surface area (Å²) in [6.07, 6.45) is 33.9. The highest BCUT2D eigenvalue weighted by molar-refractivity contribution is 7.47. The second-order valence-electron chi connectivity index (χ2n) is 15.1. The van der Waals surface area contributed by atoms with Gasteiger partial charge in [0.25, 0.3) is 0 Å². The predicted octanol–water partition coefficient (Wildman–Crippen LogP) is 8.25. The Morgan fingerprint density at radius 2 is 1.30 bits per heavy atom. The Kier molecular flexibility index (Phi) is 32.6. The number of esters is 2. The first kappa shape index (κ1) is 55.0. The first-order valence-corrected chi connectivity index (χ1v) is 23.5. The average Bonchev–Trinajstić information content (AvgIpc) is 3.49. The lowest BCUT2D eigenvalue weighted by Gasteiger charge is -2.20. The van der Waals surface area contributed by atoms with Crippen molar-refractivity contribution in [2.24, 2.45) is 11.8 Å². The number of rotatable bonds is 36. The van der Waals surface area contributed by atoms with E-state index in [4.69, 9.17) is 19.1 Å². The fraction of sp³-hybridized carbons (Fsp3) is 0.674. The SMILES string of the molecule is CCCCC/C=C\C/C=C\C/C=C\C/C=C\CCCC(=O)O[C@H](COC(=O)CCC/C=C\C[C@H]1[C@@H](O)CC(=O)[C@@H]1/C=C/[C@@H](O)CCCCC)COP(=O)(O)OC[C@@H](O)CO. The number of carbonyl (C=O) groups excluding carboxylic acids is 3. The van der Waals surface area contributed by atoms with Gasteiger partial charge in [-0.2, -0.15) is 0 Å². The highest BCUT2D eigenvalue weighted by atomic mass is 31.2. The summed E-state index contributed by atoms with van der Waals surface area (Å²) in [6, 6.07) is 0. The van der Waals surface area contributed by atoms with Crippen LogP contribution in [0.3, 0.4) is 0 Å². The van der Waals surface area contributed by atoms with Crippen molar-refractivity contribution in [2.75, 3.05) is 26.4 Å². The second kappa shape index (κ2) is 35.6. The van der Waals surface area contributed by atoms with Gasteiger partial charge in [-0.25, -0.2) is 4.57 Å². The number of ether oxygens (including phenoxy) is 2. The summed E-state index contributed by atoms with van der Waals surface area (Å²) < 4.78 is 32.6. The van der Waals surface area contributed by atoms with Gasteiger partial charge in [0.2, 0.25) is 0 Å². The summed E-state index contributed by atoms with van der Waals surface area (Å²) in [5, 5.41) is 39.1. The van der Waals surface area contributed by atoms with Crippen molar-refractivity contribution in [3.63, 3.8) is 0 Å². The van der Waals surface area contributed by atoms with Crippen molar-refractivity contribution >= 4 is 25.5 Å². The summed E-state index contributed by atoms with van der Waals surface area (Å²) in [7, 11) is -4.70. The maximum absolute atomic E-state index is 12.6. The summed E-state index contributed by atoms with van der Waals surface area (Å²) >= 11 is 0. The van der Waals surface area contributed by atoms with Gasteiger partial charge in [-0.1, -0.05) is 119 Å². The minimum absolute atomic E-state index is 0.0351. The molecule has 0 bridgehead atoms. The van der Waals surface area contributed by atoms with E-state index in [1.807, 2.05) is 24.3 Å². The van der Waals surface area contributed by atoms with Gasteiger partial charge in [-0.3, -0.25) is 23.4 Å². The zero-order valence-corrected chi connectivity index (χ0v) is 37.0.